The normalized spacial score (nSPS) is 14.0. The van der Waals surface area contributed by atoms with Gasteiger partial charge in [0.25, 0.3) is 0 Å². The van der Waals surface area contributed by atoms with E-state index in [1.165, 1.54) is 6.08 Å². The summed E-state index contributed by atoms with van der Waals surface area (Å²) in [5.41, 5.74) is 2.55. The Balaban J connectivity index is 0.000000536. The average molecular weight is 1020 g/mol. The van der Waals surface area contributed by atoms with Crippen LogP contribution in [0.15, 0.2) is 104 Å². The van der Waals surface area contributed by atoms with Crippen LogP contribution in [0, 0.1) is 32.6 Å². The van der Waals surface area contributed by atoms with E-state index in [-0.39, 0.29) is 50.4 Å². The molecule has 0 saturated carbocycles. The largest absolute Gasteiger partial charge is 0.460 e. The van der Waals surface area contributed by atoms with E-state index in [4.69, 9.17) is 23.7 Å². The minimum atomic E-state index is -1.37. The van der Waals surface area contributed by atoms with Crippen LogP contribution >= 0.6 is 7.92 Å². The average Bonchev–Trinajstić information content (AvgIpc) is 3.38. The topological polar surface area (TPSA) is 192 Å². The Morgan fingerprint density at radius 1 is 0.625 bits per heavy atom. The molecule has 13 nitrogen and oxygen atoms in total. The van der Waals surface area contributed by atoms with Gasteiger partial charge in [0.1, 0.15) is 32.0 Å². The van der Waals surface area contributed by atoms with Crippen LogP contribution in [-0.2, 0) is 38.1 Å². The summed E-state index contributed by atoms with van der Waals surface area (Å²) in [4.78, 5) is 62.2. The van der Waals surface area contributed by atoms with Gasteiger partial charge in [0.2, 0.25) is 0 Å². The first-order valence-electron chi connectivity index (χ1n) is 25.1. The molecule has 0 radical (unpaired) electrons. The number of benzene rings is 3. The number of aryl methyl sites for hydroxylation is 2. The standard InChI is InChI=1S/C37H45O5P.C21H36O8/c1-7-25(3)21-29(8-2)23-30(38)24-42-34(40)20-19-33(39)35-26(4)22-27(5)36(28(35)6)37(41)43(31-15-11-9-12-16-31)32-17-13-10-14-18-32;1-6-18(26-12-16(22)13-27-19(24)7-2)11-21(9-4,10-5)29-15-17(23)14-28-20(25)8-3/h9-20,22,25,29-30,38H,7-8,21,23-24H2,1-6H3;7-8,16-18,22-23H,2-3,6,9-15H2,1,4-5H3/b20-19-;. The quantitative estimate of drug-likeness (QED) is 0.0176. The van der Waals surface area contributed by atoms with Crippen molar-refractivity contribution in [2.75, 3.05) is 33.0 Å². The molecular formula is C58H81O13P. The molecule has 0 bridgehead atoms. The molecule has 0 aliphatic carbocycles. The van der Waals surface area contributed by atoms with Gasteiger partial charge in [-0.15, -0.1) is 0 Å². The molecule has 0 spiro atoms. The molecule has 6 atom stereocenters. The first kappa shape index (κ1) is 63.0. The zero-order valence-electron chi connectivity index (χ0n) is 44.1. The van der Waals surface area contributed by atoms with E-state index in [0.29, 0.717) is 60.6 Å². The van der Waals surface area contributed by atoms with E-state index in [0.717, 1.165) is 59.2 Å². The van der Waals surface area contributed by atoms with Crippen LogP contribution in [0.1, 0.15) is 130 Å². The number of rotatable bonds is 32. The minimum Gasteiger partial charge on any atom is -0.460 e. The van der Waals surface area contributed by atoms with E-state index < -0.39 is 49.7 Å². The number of carbonyl (C=O) groups is 5. The molecule has 3 aromatic rings. The van der Waals surface area contributed by atoms with E-state index in [1.807, 2.05) is 101 Å². The van der Waals surface area contributed by atoms with Crippen molar-refractivity contribution in [3.8, 4) is 0 Å². The monoisotopic (exact) mass is 1020 g/mol. The minimum absolute atomic E-state index is 0.0165. The van der Waals surface area contributed by atoms with E-state index in [9.17, 15) is 39.3 Å². The molecule has 0 heterocycles. The highest BCUT2D eigenvalue weighted by Crippen LogP contribution is 2.41. The fraction of sp³-hybridized carbons (Fsp3) is 0.500. The maximum absolute atomic E-state index is 14.3. The van der Waals surface area contributed by atoms with E-state index in [2.05, 4.69) is 33.9 Å². The third-order valence-corrected chi connectivity index (χ3v) is 14.9. The summed E-state index contributed by atoms with van der Waals surface area (Å²) in [5.74, 6) is -1.30. The Kier molecular flexibility index (Phi) is 29.4. The van der Waals surface area contributed by atoms with Gasteiger partial charge in [0.05, 0.1) is 31.0 Å². The highest BCUT2D eigenvalue weighted by atomic mass is 31.1. The summed E-state index contributed by atoms with van der Waals surface area (Å²) < 4.78 is 26.7. The molecule has 14 heteroatoms. The molecule has 0 aliphatic heterocycles. The molecule has 396 valence electrons. The summed E-state index contributed by atoms with van der Waals surface area (Å²) >= 11 is 0. The lowest BCUT2D eigenvalue weighted by Gasteiger charge is -2.36. The highest BCUT2D eigenvalue weighted by molar-refractivity contribution is 7.88. The van der Waals surface area contributed by atoms with Crippen molar-refractivity contribution in [1.29, 1.82) is 0 Å². The Bertz CT molecular complexity index is 2150. The van der Waals surface area contributed by atoms with Crippen LogP contribution in [0.4, 0.5) is 0 Å². The lowest BCUT2D eigenvalue weighted by atomic mass is 9.88. The van der Waals surface area contributed by atoms with Crippen LogP contribution < -0.4 is 10.6 Å². The lowest BCUT2D eigenvalue weighted by Crippen LogP contribution is -2.40. The van der Waals surface area contributed by atoms with Gasteiger partial charge in [-0.05, 0) is 98.1 Å². The van der Waals surface area contributed by atoms with Crippen molar-refractivity contribution in [3.05, 3.63) is 132 Å². The van der Waals surface area contributed by atoms with Gasteiger partial charge in [0, 0.05) is 43.7 Å². The maximum atomic E-state index is 14.3. The van der Waals surface area contributed by atoms with Crippen LogP contribution in [0.5, 0.6) is 0 Å². The second-order valence-corrected chi connectivity index (χ2v) is 20.3. The molecule has 6 unspecified atom stereocenters. The van der Waals surface area contributed by atoms with Gasteiger partial charge in [-0.1, -0.05) is 134 Å². The number of carbonyl (C=O) groups excluding carboxylic acids is 5. The highest BCUT2D eigenvalue weighted by Gasteiger charge is 2.32. The van der Waals surface area contributed by atoms with Crippen molar-refractivity contribution in [1.82, 2.24) is 0 Å². The van der Waals surface area contributed by atoms with Gasteiger partial charge in [-0.3, -0.25) is 9.59 Å². The molecular weight excluding hydrogens is 936 g/mol. The summed E-state index contributed by atoms with van der Waals surface area (Å²) in [5, 5.41) is 32.2. The number of allylic oxidation sites excluding steroid dienone is 1. The molecule has 3 N–H and O–H groups in total. The molecule has 72 heavy (non-hydrogen) atoms. The van der Waals surface area contributed by atoms with Crippen molar-refractivity contribution in [3.63, 3.8) is 0 Å². The van der Waals surface area contributed by atoms with Crippen molar-refractivity contribution in [2.24, 2.45) is 11.8 Å². The molecule has 0 saturated heterocycles. The van der Waals surface area contributed by atoms with Crippen LogP contribution in [0.2, 0.25) is 0 Å². The third kappa shape index (κ3) is 21.5. The Morgan fingerprint density at radius 2 is 1.12 bits per heavy atom. The summed E-state index contributed by atoms with van der Waals surface area (Å²) in [6.07, 6.45) is 7.87. The van der Waals surface area contributed by atoms with Gasteiger partial charge >= 0.3 is 17.9 Å². The molecule has 0 aliphatic rings. The SMILES string of the molecule is C=CC(=O)OCC(O)COC(CC)CC(CC)(CC)OCC(O)COC(=O)C=C.CCC(C)CC(CC)CC(O)COC(=O)/C=C\C(=O)c1c(C)cc(C)c(C(=O)P(c2ccccc2)c2ccccc2)c1C. The van der Waals surface area contributed by atoms with Crippen LogP contribution in [0.3, 0.4) is 0 Å². The van der Waals surface area contributed by atoms with E-state index >= 15 is 0 Å². The first-order valence-corrected chi connectivity index (χ1v) is 26.5. The summed E-state index contributed by atoms with van der Waals surface area (Å²) in [6, 6.07) is 21.3. The summed E-state index contributed by atoms with van der Waals surface area (Å²) in [7, 11) is -1.37. The maximum Gasteiger partial charge on any atom is 0.330 e. The van der Waals surface area contributed by atoms with Gasteiger partial charge in [0.15, 0.2) is 11.3 Å². The van der Waals surface area contributed by atoms with Crippen molar-refractivity contribution >= 4 is 47.7 Å². The number of hydrogen-bond donors (Lipinski definition) is 3. The van der Waals surface area contributed by atoms with Gasteiger partial charge in [-0.2, -0.15) is 0 Å². The second-order valence-electron chi connectivity index (χ2n) is 18.2. The molecule has 0 fully saturated rings. The molecule has 0 aromatic heterocycles. The van der Waals surface area contributed by atoms with Crippen molar-refractivity contribution in [2.45, 2.75) is 144 Å². The fourth-order valence-corrected chi connectivity index (χ4v) is 10.5. The lowest BCUT2D eigenvalue weighted by molar-refractivity contribution is -0.148. The number of ketones is 1. The van der Waals surface area contributed by atoms with Gasteiger partial charge < -0.3 is 39.0 Å². The molecule has 3 rings (SSSR count). The number of ether oxygens (including phenoxy) is 5. The fourth-order valence-electron chi connectivity index (χ4n) is 8.24. The first-order chi connectivity index (χ1) is 34.3. The smallest absolute Gasteiger partial charge is 0.330 e. The van der Waals surface area contributed by atoms with Crippen molar-refractivity contribution < 1.29 is 63.0 Å². The second kappa shape index (κ2) is 33.6. The zero-order chi connectivity index (χ0) is 53.8. The van der Waals surface area contributed by atoms with E-state index in [1.54, 1.807) is 6.92 Å². The number of aliphatic hydroxyl groups is 3. The van der Waals surface area contributed by atoms with Gasteiger partial charge in [-0.25, -0.2) is 14.4 Å². The zero-order valence-corrected chi connectivity index (χ0v) is 45.0. The number of hydrogen-bond acceptors (Lipinski definition) is 13. The Labute approximate surface area is 429 Å². The number of esters is 3. The Hall–Kier alpha value is -5.14. The summed E-state index contributed by atoms with van der Waals surface area (Å²) in [6.45, 7) is 24.1. The third-order valence-electron chi connectivity index (χ3n) is 12.7. The van der Waals surface area contributed by atoms with Crippen LogP contribution in [-0.4, -0.2) is 108 Å². The Morgan fingerprint density at radius 3 is 1.61 bits per heavy atom. The predicted octanol–water partition coefficient (Wildman–Crippen LogP) is 9.31. The van der Waals surface area contributed by atoms with Crippen LogP contribution in [0.25, 0.3) is 0 Å². The molecule has 3 aromatic carbocycles. The predicted molar refractivity (Wildman–Crippen MR) is 285 cm³/mol. The number of aliphatic hydroxyl groups excluding tert-OH is 3. The molecule has 0 amide bonds.